The number of fused-ring (bicyclic) bond motifs is 5. The van der Waals surface area contributed by atoms with Gasteiger partial charge in [-0.2, -0.15) is 0 Å². The first-order valence-electron chi connectivity index (χ1n) is 11.6. The molecule has 0 radical (unpaired) electrons. The smallest absolute Gasteiger partial charge is 0.240 e. The molecule has 0 unspecified atom stereocenters. The maximum absolute atomic E-state index is 14.2. The van der Waals surface area contributed by atoms with Crippen LogP contribution in [0, 0.1) is 11.8 Å². The van der Waals surface area contributed by atoms with Crippen LogP contribution in [-0.2, 0) is 9.59 Å². The average molecular weight is 598 g/mol. The molecule has 3 aromatic rings. The van der Waals surface area contributed by atoms with Crippen LogP contribution in [-0.4, -0.2) is 36.8 Å². The lowest BCUT2D eigenvalue weighted by Crippen LogP contribution is -2.48. The Morgan fingerprint density at radius 2 is 1.65 bits per heavy atom. The van der Waals surface area contributed by atoms with Crippen molar-refractivity contribution in [2.24, 2.45) is 11.8 Å². The molecule has 2 fully saturated rings. The van der Waals surface area contributed by atoms with Crippen LogP contribution in [0.15, 0.2) is 71.2 Å². The minimum Gasteiger partial charge on any atom is -0.496 e. The number of ether oxygens (including phenoxy) is 1. The number of anilines is 2. The van der Waals surface area contributed by atoms with Crippen molar-refractivity contribution in [1.29, 1.82) is 0 Å². The summed E-state index contributed by atoms with van der Waals surface area (Å²) in [6.07, 6.45) is 3.86. The maximum atomic E-state index is 14.2. The van der Waals surface area contributed by atoms with E-state index in [0.29, 0.717) is 31.5 Å². The van der Waals surface area contributed by atoms with Crippen LogP contribution in [0.1, 0.15) is 15.9 Å². The van der Waals surface area contributed by atoms with Crippen molar-refractivity contribution in [3.8, 4) is 5.75 Å². The molecule has 3 aromatic carbocycles. The number of Topliss-reactive ketones (excluding diaryl/α,β-unsaturated/α-hetero) is 1. The topological polar surface area (TPSA) is 66.9 Å². The van der Waals surface area contributed by atoms with Crippen molar-refractivity contribution in [2.75, 3.05) is 16.9 Å². The third-order valence-corrected chi connectivity index (χ3v) is 8.28. The Morgan fingerprint density at radius 3 is 2.35 bits per heavy atom. The number of imide groups is 1. The third kappa shape index (κ3) is 3.71. The van der Waals surface area contributed by atoms with Gasteiger partial charge in [0, 0.05) is 21.3 Å². The number of halogens is 3. The zero-order valence-electron chi connectivity index (χ0n) is 19.4. The average Bonchev–Trinajstić information content (AvgIpc) is 3.35. The van der Waals surface area contributed by atoms with E-state index >= 15 is 0 Å². The van der Waals surface area contributed by atoms with Gasteiger partial charge in [-0.1, -0.05) is 53.6 Å². The summed E-state index contributed by atoms with van der Waals surface area (Å²) in [6.45, 7) is 0. The number of benzene rings is 3. The van der Waals surface area contributed by atoms with Gasteiger partial charge in [-0.15, -0.1) is 0 Å². The highest BCUT2D eigenvalue weighted by atomic mass is 79.9. The Labute approximate surface area is 231 Å². The molecule has 0 aromatic heterocycles. The first-order valence-corrected chi connectivity index (χ1v) is 13.1. The minimum absolute atomic E-state index is 0.252. The summed E-state index contributed by atoms with van der Waals surface area (Å²) >= 11 is 15.8. The van der Waals surface area contributed by atoms with Crippen molar-refractivity contribution in [3.05, 3.63) is 92.4 Å². The van der Waals surface area contributed by atoms with E-state index in [1.165, 1.54) is 18.2 Å². The Kier molecular flexibility index (Phi) is 5.90. The fourth-order valence-electron chi connectivity index (χ4n) is 5.73. The van der Waals surface area contributed by atoms with Gasteiger partial charge in [0.1, 0.15) is 11.8 Å². The normalized spacial score (nSPS) is 23.7. The maximum Gasteiger partial charge on any atom is 0.240 e. The van der Waals surface area contributed by atoms with Gasteiger partial charge in [-0.3, -0.25) is 14.4 Å². The Balaban J connectivity index is 1.49. The van der Waals surface area contributed by atoms with E-state index in [1.54, 1.807) is 25.3 Å². The van der Waals surface area contributed by atoms with E-state index in [9.17, 15) is 14.4 Å². The molecule has 0 spiro atoms. The molecule has 2 saturated heterocycles. The summed E-state index contributed by atoms with van der Waals surface area (Å²) in [5, 5.41) is 0.618. The molecule has 2 amide bonds. The second-order valence-corrected chi connectivity index (χ2v) is 10.9. The molecule has 9 heteroatoms. The van der Waals surface area contributed by atoms with E-state index < -0.39 is 29.8 Å². The van der Waals surface area contributed by atoms with Gasteiger partial charge < -0.3 is 9.64 Å². The second-order valence-electron chi connectivity index (χ2n) is 9.17. The van der Waals surface area contributed by atoms with Crippen LogP contribution in [0.2, 0.25) is 10.0 Å². The fourth-order valence-corrected chi connectivity index (χ4v) is 6.78. The molecular formula is C28H19BrCl2N2O4. The summed E-state index contributed by atoms with van der Waals surface area (Å²) in [4.78, 5) is 45.0. The highest BCUT2D eigenvalue weighted by Gasteiger charge is 2.64. The number of amides is 2. The largest absolute Gasteiger partial charge is 0.496 e. The number of nitrogens with zero attached hydrogens (tertiary/aromatic N) is 2. The zero-order valence-corrected chi connectivity index (χ0v) is 22.5. The van der Waals surface area contributed by atoms with Crippen LogP contribution in [0.25, 0.3) is 6.08 Å². The number of rotatable bonds is 4. The lowest BCUT2D eigenvalue weighted by molar-refractivity contribution is -0.122. The highest BCUT2D eigenvalue weighted by Crippen LogP contribution is 2.50. The van der Waals surface area contributed by atoms with Gasteiger partial charge >= 0.3 is 0 Å². The van der Waals surface area contributed by atoms with Gasteiger partial charge in [0.25, 0.3) is 0 Å². The quantitative estimate of drug-likeness (QED) is 0.271. The van der Waals surface area contributed by atoms with Crippen LogP contribution < -0.4 is 14.5 Å². The summed E-state index contributed by atoms with van der Waals surface area (Å²) in [6, 6.07) is 16.0. The third-order valence-electron chi connectivity index (χ3n) is 7.23. The fraction of sp³-hybridized carbons (Fsp3) is 0.179. The second kappa shape index (κ2) is 9.01. The molecule has 3 aliphatic rings. The predicted octanol–water partition coefficient (Wildman–Crippen LogP) is 6.04. The highest BCUT2D eigenvalue weighted by molar-refractivity contribution is 9.10. The van der Waals surface area contributed by atoms with Crippen molar-refractivity contribution < 1.29 is 19.1 Å². The lowest BCUT2D eigenvalue weighted by Gasteiger charge is -2.36. The van der Waals surface area contributed by atoms with Gasteiger partial charge in [0.05, 0.1) is 35.1 Å². The van der Waals surface area contributed by atoms with Gasteiger partial charge in [0.15, 0.2) is 5.78 Å². The molecule has 37 heavy (non-hydrogen) atoms. The molecule has 0 saturated carbocycles. The van der Waals surface area contributed by atoms with Gasteiger partial charge in [-0.05, 0) is 64.0 Å². The van der Waals surface area contributed by atoms with Crippen molar-refractivity contribution in [2.45, 2.75) is 12.1 Å². The standard InChI is InChI=1S/C28H19BrCl2N2O4/c1-37-22-9-7-15(10-19(22)29)26(34)25-24-23(21-8-6-14-4-2-3-5-20(14)33(21)25)27(35)32(28(24)36)18-12-16(30)11-17(31)13-18/h2-13,21,23-25H,1H3/t21-,23-,24-,25+/m0/s1. The first kappa shape index (κ1) is 24.2. The number of hydrogen-bond acceptors (Lipinski definition) is 5. The van der Waals surface area contributed by atoms with E-state index in [4.69, 9.17) is 27.9 Å². The lowest BCUT2D eigenvalue weighted by atomic mass is 9.86. The molecular weight excluding hydrogens is 579 g/mol. The van der Waals surface area contributed by atoms with Crippen LogP contribution in [0.4, 0.5) is 11.4 Å². The molecule has 0 N–H and O–H groups in total. The number of carbonyl (C=O) groups excluding carboxylic acids is 3. The molecule has 3 heterocycles. The molecule has 6 rings (SSSR count). The number of hydrogen-bond donors (Lipinski definition) is 0. The first-order chi connectivity index (χ1) is 17.8. The predicted molar refractivity (Wildman–Crippen MR) is 146 cm³/mol. The molecule has 6 nitrogen and oxygen atoms in total. The van der Waals surface area contributed by atoms with Crippen molar-refractivity contribution in [1.82, 2.24) is 0 Å². The molecule has 4 atom stereocenters. The van der Waals surface area contributed by atoms with E-state index in [-0.39, 0.29) is 11.7 Å². The van der Waals surface area contributed by atoms with Gasteiger partial charge in [-0.25, -0.2) is 4.90 Å². The monoisotopic (exact) mass is 596 g/mol. The molecule has 186 valence electrons. The summed E-state index contributed by atoms with van der Waals surface area (Å²) in [5.41, 5.74) is 2.44. The SMILES string of the molecule is COc1ccc(C(=O)[C@H]2[C@H]3C(=O)N(c4cc(Cl)cc(Cl)c4)C(=O)[C@H]3[C@@H]3C=Cc4ccccc4N32)cc1Br. The van der Waals surface area contributed by atoms with Crippen molar-refractivity contribution in [3.63, 3.8) is 0 Å². The summed E-state index contributed by atoms with van der Waals surface area (Å²) < 4.78 is 5.94. The zero-order chi connectivity index (χ0) is 26.0. The van der Waals surface area contributed by atoms with E-state index in [2.05, 4.69) is 15.9 Å². The van der Waals surface area contributed by atoms with Crippen LogP contribution >= 0.6 is 39.1 Å². The number of carbonyl (C=O) groups is 3. The minimum atomic E-state index is -0.891. The Bertz CT molecular complexity index is 1500. The van der Waals surface area contributed by atoms with E-state index in [0.717, 1.165) is 16.2 Å². The molecule has 0 aliphatic carbocycles. The van der Waals surface area contributed by atoms with Crippen LogP contribution in [0.3, 0.4) is 0 Å². The summed E-state index contributed by atoms with van der Waals surface area (Å²) in [5.74, 6) is -2.12. The molecule has 0 bridgehead atoms. The summed E-state index contributed by atoms with van der Waals surface area (Å²) in [7, 11) is 1.55. The Hall–Kier alpha value is -3.13. The Morgan fingerprint density at radius 1 is 0.946 bits per heavy atom. The van der Waals surface area contributed by atoms with Crippen molar-refractivity contribution >= 4 is 74.2 Å². The molecule has 3 aliphatic heterocycles. The van der Waals surface area contributed by atoms with E-state index in [1.807, 2.05) is 41.3 Å². The van der Waals surface area contributed by atoms with Gasteiger partial charge in [0.2, 0.25) is 11.8 Å². The number of methoxy groups -OCH3 is 1. The number of para-hydroxylation sites is 1. The number of ketones is 1. The van der Waals surface area contributed by atoms with Crippen LogP contribution in [0.5, 0.6) is 5.75 Å².